The molecule has 1 N–H and O–H groups in total. The van der Waals surface area contributed by atoms with Gasteiger partial charge in [0.25, 0.3) is 0 Å². The van der Waals surface area contributed by atoms with E-state index in [-0.39, 0.29) is 4.88 Å². The smallest absolute Gasteiger partial charge is 0.349 e. The van der Waals surface area contributed by atoms with Crippen LogP contribution in [-0.2, 0) is 0 Å². The molecule has 1 heterocycles. The van der Waals surface area contributed by atoms with Crippen LogP contribution >= 0.6 is 11.3 Å². The van der Waals surface area contributed by atoms with Crippen molar-refractivity contribution in [1.29, 1.82) is 0 Å². The lowest BCUT2D eigenvalue weighted by Crippen LogP contribution is -1.99. The molecule has 0 bridgehead atoms. The Labute approximate surface area is 115 Å². The summed E-state index contributed by atoms with van der Waals surface area (Å²) in [5, 5.41) is 9.03. The first-order valence-corrected chi connectivity index (χ1v) is 6.66. The average molecular weight is 274 g/mol. The molecule has 19 heavy (non-hydrogen) atoms. The molecule has 0 aliphatic carbocycles. The second-order valence-corrected chi connectivity index (χ2v) is 5.24. The van der Waals surface area contributed by atoms with Gasteiger partial charge in [0, 0.05) is 4.88 Å². The molecule has 2 rings (SSSR count). The number of rotatable bonds is 5. The zero-order chi connectivity index (χ0) is 13.7. The van der Waals surface area contributed by atoms with Gasteiger partial charge in [0.15, 0.2) is 4.88 Å². The van der Waals surface area contributed by atoms with Crippen molar-refractivity contribution in [1.82, 2.24) is 0 Å². The van der Waals surface area contributed by atoms with E-state index in [2.05, 4.69) is 0 Å². The molecule has 3 nitrogen and oxygen atoms in total. The van der Waals surface area contributed by atoms with Crippen LogP contribution in [0.25, 0.3) is 6.08 Å². The molecule has 0 aliphatic rings. The Morgan fingerprint density at radius 1 is 1.37 bits per heavy atom. The van der Waals surface area contributed by atoms with E-state index in [0.29, 0.717) is 12.4 Å². The van der Waals surface area contributed by atoms with Crippen molar-refractivity contribution in [3.05, 3.63) is 57.8 Å². The summed E-state index contributed by atoms with van der Waals surface area (Å²) in [5.41, 5.74) is 1.09. The molecule has 1 aromatic heterocycles. The highest BCUT2D eigenvalue weighted by Crippen LogP contribution is 2.28. The van der Waals surface area contributed by atoms with Crippen LogP contribution in [0, 0.1) is 6.92 Å². The van der Waals surface area contributed by atoms with Crippen LogP contribution < -0.4 is 4.74 Å². The fourth-order valence-corrected chi connectivity index (χ4v) is 2.43. The van der Waals surface area contributed by atoms with E-state index in [4.69, 9.17) is 9.84 Å². The molecular weight excluding hydrogens is 260 g/mol. The van der Waals surface area contributed by atoms with Gasteiger partial charge < -0.3 is 9.84 Å². The van der Waals surface area contributed by atoms with Gasteiger partial charge in [-0.1, -0.05) is 36.4 Å². The lowest BCUT2D eigenvalue weighted by atomic mass is 10.2. The SMILES string of the molecule is Cc1cc(OCC=Cc2ccccc2)c(C(=O)O)s1. The summed E-state index contributed by atoms with van der Waals surface area (Å²) in [6.07, 6.45) is 3.81. The molecule has 0 aliphatic heterocycles. The number of aromatic carboxylic acids is 1. The molecule has 98 valence electrons. The summed E-state index contributed by atoms with van der Waals surface area (Å²) >= 11 is 1.23. The molecule has 1 aromatic carbocycles. The molecule has 0 radical (unpaired) electrons. The predicted octanol–water partition coefficient (Wildman–Crippen LogP) is 3.85. The number of carboxylic acids is 1. The zero-order valence-corrected chi connectivity index (χ0v) is 11.3. The topological polar surface area (TPSA) is 46.5 Å². The molecule has 0 spiro atoms. The quantitative estimate of drug-likeness (QED) is 0.901. The van der Waals surface area contributed by atoms with E-state index in [1.807, 2.05) is 49.4 Å². The summed E-state index contributed by atoms with van der Waals surface area (Å²) in [5.74, 6) is -0.507. The van der Waals surface area contributed by atoms with Crippen LogP contribution in [0.2, 0.25) is 0 Å². The van der Waals surface area contributed by atoms with Gasteiger partial charge in [0.05, 0.1) is 0 Å². The number of ether oxygens (including phenoxy) is 1. The molecule has 0 saturated heterocycles. The first-order chi connectivity index (χ1) is 9.16. The van der Waals surface area contributed by atoms with E-state index in [1.165, 1.54) is 11.3 Å². The standard InChI is InChI=1S/C15H14O3S/c1-11-10-13(14(19-11)15(16)17)18-9-5-8-12-6-3-2-4-7-12/h2-8,10H,9H2,1H3,(H,16,17). The zero-order valence-electron chi connectivity index (χ0n) is 10.5. The summed E-state index contributed by atoms with van der Waals surface area (Å²) in [6.45, 7) is 2.22. The van der Waals surface area contributed by atoms with Gasteiger partial charge in [-0.05, 0) is 24.6 Å². The van der Waals surface area contributed by atoms with Crippen molar-refractivity contribution in [3.63, 3.8) is 0 Å². The van der Waals surface area contributed by atoms with Crippen LogP contribution in [0.1, 0.15) is 20.1 Å². The Balaban J connectivity index is 1.96. The number of benzene rings is 1. The predicted molar refractivity (Wildman–Crippen MR) is 77.0 cm³/mol. The molecular formula is C15H14O3S. The van der Waals surface area contributed by atoms with E-state index in [1.54, 1.807) is 6.07 Å². The molecule has 0 atom stereocenters. The van der Waals surface area contributed by atoms with E-state index < -0.39 is 5.97 Å². The van der Waals surface area contributed by atoms with Crippen molar-refractivity contribution < 1.29 is 14.6 Å². The van der Waals surface area contributed by atoms with Crippen molar-refractivity contribution in [2.75, 3.05) is 6.61 Å². The maximum Gasteiger partial charge on any atom is 0.349 e. The summed E-state index contributed by atoms with van der Waals surface area (Å²) < 4.78 is 5.48. The molecule has 0 amide bonds. The number of hydrogen-bond acceptors (Lipinski definition) is 3. The number of hydrogen-bond donors (Lipinski definition) is 1. The van der Waals surface area contributed by atoms with E-state index in [9.17, 15) is 4.79 Å². The minimum Gasteiger partial charge on any atom is -0.488 e. The van der Waals surface area contributed by atoms with Crippen molar-refractivity contribution in [2.45, 2.75) is 6.92 Å². The monoisotopic (exact) mass is 274 g/mol. The van der Waals surface area contributed by atoms with Crippen molar-refractivity contribution in [2.24, 2.45) is 0 Å². The maximum absolute atomic E-state index is 11.0. The Morgan fingerprint density at radius 2 is 2.11 bits per heavy atom. The summed E-state index contributed by atoms with van der Waals surface area (Å²) in [7, 11) is 0. The van der Waals surface area contributed by atoms with Gasteiger partial charge in [-0.15, -0.1) is 11.3 Å². The molecule has 0 saturated carbocycles. The largest absolute Gasteiger partial charge is 0.488 e. The Hall–Kier alpha value is -2.07. The lowest BCUT2D eigenvalue weighted by molar-refractivity contribution is 0.0698. The number of carboxylic acid groups (broad SMARTS) is 1. The van der Waals surface area contributed by atoms with Gasteiger partial charge >= 0.3 is 5.97 Å². The number of thiophene rings is 1. The molecule has 0 fully saturated rings. The third kappa shape index (κ3) is 3.69. The fourth-order valence-electron chi connectivity index (χ4n) is 1.63. The minimum absolute atomic E-state index is 0.255. The van der Waals surface area contributed by atoms with Crippen LogP contribution in [-0.4, -0.2) is 17.7 Å². The second kappa shape index (κ2) is 6.20. The molecule has 4 heteroatoms. The highest BCUT2D eigenvalue weighted by Gasteiger charge is 2.14. The molecule has 0 unspecified atom stereocenters. The summed E-state index contributed by atoms with van der Waals surface area (Å²) in [6, 6.07) is 11.6. The van der Waals surface area contributed by atoms with Gasteiger partial charge in [-0.2, -0.15) is 0 Å². The van der Waals surface area contributed by atoms with Gasteiger partial charge in [-0.3, -0.25) is 0 Å². The minimum atomic E-state index is -0.944. The fraction of sp³-hybridized carbons (Fsp3) is 0.133. The second-order valence-electron chi connectivity index (χ2n) is 3.98. The van der Waals surface area contributed by atoms with Gasteiger partial charge in [0.1, 0.15) is 12.4 Å². The third-order valence-electron chi connectivity index (χ3n) is 2.46. The molecule has 2 aromatic rings. The lowest BCUT2D eigenvalue weighted by Gasteiger charge is -2.01. The first-order valence-electron chi connectivity index (χ1n) is 5.85. The van der Waals surface area contributed by atoms with Gasteiger partial charge in [-0.25, -0.2) is 4.79 Å². The Morgan fingerprint density at radius 3 is 2.79 bits per heavy atom. The highest BCUT2D eigenvalue weighted by molar-refractivity contribution is 7.14. The Bertz CT molecular complexity index is 585. The third-order valence-corrected chi connectivity index (χ3v) is 3.48. The van der Waals surface area contributed by atoms with Crippen LogP contribution in [0.15, 0.2) is 42.5 Å². The average Bonchev–Trinajstić information content (AvgIpc) is 2.77. The highest BCUT2D eigenvalue weighted by atomic mass is 32.1. The first kappa shape index (κ1) is 13.4. The van der Waals surface area contributed by atoms with E-state index >= 15 is 0 Å². The van der Waals surface area contributed by atoms with Crippen LogP contribution in [0.3, 0.4) is 0 Å². The van der Waals surface area contributed by atoms with Crippen molar-refractivity contribution in [3.8, 4) is 5.75 Å². The Kier molecular flexibility index (Phi) is 4.36. The number of aryl methyl sites for hydroxylation is 1. The summed E-state index contributed by atoms with van der Waals surface area (Å²) in [4.78, 5) is 12.2. The van der Waals surface area contributed by atoms with Crippen molar-refractivity contribution >= 4 is 23.4 Å². The van der Waals surface area contributed by atoms with Gasteiger partial charge in [0.2, 0.25) is 0 Å². The normalized spacial score (nSPS) is 10.8. The number of carbonyl (C=O) groups is 1. The van der Waals surface area contributed by atoms with Crippen LogP contribution in [0.5, 0.6) is 5.75 Å². The van der Waals surface area contributed by atoms with E-state index in [0.717, 1.165) is 10.4 Å². The van der Waals surface area contributed by atoms with Crippen LogP contribution in [0.4, 0.5) is 0 Å². The maximum atomic E-state index is 11.0.